The minimum absolute atomic E-state index is 0.265. The molecule has 2 aromatic carbocycles. The van der Waals surface area contributed by atoms with Crippen LogP contribution in [0, 0.1) is 5.82 Å². The number of hydrogen-bond acceptors (Lipinski definition) is 2. The second-order valence-corrected chi connectivity index (χ2v) is 5.23. The van der Waals surface area contributed by atoms with Gasteiger partial charge in [0.25, 0.3) is 0 Å². The van der Waals surface area contributed by atoms with Crippen LogP contribution in [0.3, 0.4) is 0 Å². The van der Waals surface area contributed by atoms with Crippen LogP contribution in [0.15, 0.2) is 42.5 Å². The Kier molecular flexibility index (Phi) is 5.59. The van der Waals surface area contributed by atoms with Gasteiger partial charge in [0.15, 0.2) is 0 Å². The van der Waals surface area contributed by atoms with Crippen molar-refractivity contribution in [2.75, 3.05) is 13.7 Å². The highest BCUT2D eigenvalue weighted by Crippen LogP contribution is 2.32. The third-order valence-corrected chi connectivity index (χ3v) is 3.56. The number of methoxy groups -OCH3 is 1. The first-order chi connectivity index (χ1) is 10.2. The van der Waals surface area contributed by atoms with Gasteiger partial charge in [0.1, 0.15) is 11.6 Å². The van der Waals surface area contributed by atoms with E-state index in [-0.39, 0.29) is 11.9 Å². The molecule has 1 N–H and O–H groups in total. The van der Waals surface area contributed by atoms with Crippen LogP contribution in [0.1, 0.15) is 30.5 Å². The Labute approximate surface area is 129 Å². The maximum atomic E-state index is 14.3. The molecule has 1 atom stereocenters. The van der Waals surface area contributed by atoms with E-state index in [4.69, 9.17) is 16.3 Å². The molecule has 112 valence electrons. The molecule has 0 spiro atoms. The molecular formula is C17H19ClFNO. The van der Waals surface area contributed by atoms with Crippen molar-refractivity contribution in [3.63, 3.8) is 0 Å². The van der Waals surface area contributed by atoms with Gasteiger partial charge in [-0.1, -0.05) is 42.8 Å². The van der Waals surface area contributed by atoms with Crippen LogP contribution in [0.4, 0.5) is 4.39 Å². The third-order valence-electron chi connectivity index (χ3n) is 3.32. The van der Waals surface area contributed by atoms with Crippen molar-refractivity contribution in [3.05, 3.63) is 64.4 Å². The van der Waals surface area contributed by atoms with E-state index in [0.29, 0.717) is 10.6 Å². The third kappa shape index (κ3) is 3.74. The molecule has 21 heavy (non-hydrogen) atoms. The molecule has 2 nitrogen and oxygen atoms in total. The molecule has 0 saturated heterocycles. The number of rotatable bonds is 6. The Balaban J connectivity index is 2.47. The highest BCUT2D eigenvalue weighted by molar-refractivity contribution is 6.30. The van der Waals surface area contributed by atoms with E-state index in [2.05, 4.69) is 12.2 Å². The summed E-state index contributed by atoms with van der Waals surface area (Å²) in [5, 5.41) is 3.77. The molecule has 0 aliphatic carbocycles. The lowest BCUT2D eigenvalue weighted by Crippen LogP contribution is -2.24. The maximum absolute atomic E-state index is 14.3. The van der Waals surface area contributed by atoms with E-state index in [9.17, 15) is 4.39 Å². The summed E-state index contributed by atoms with van der Waals surface area (Å²) in [5.41, 5.74) is 1.48. The maximum Gasteiger partial charge on any atom is 0.129 e. The van der Waals surface area contributed by atoms with Gasteiger partial charge in [-0.15, -0.1) is 0 Å². The fraction of sp³-hybridized carbons (Fsp3) is 0.294. The minimum Gasteiger partial charge on any atom is -0.496 e. The molecule has 0 aromatic heterocycles. The normalized spacial score (nSPS) is 12.2. The van der Waals surface area contributed by atoms with Gasteiger partial charge in [0, 0.05) is 16.1 Å². The van der Waals surface area contributed by atoms with Gasteiger partial charge in [0.2, 0.25) is 0 Å². The smallest absolute Gasteiger partial charge is 0.129 e. The minimum atomic E-state index is -0.318. The molecule has 0 aliphatic rings. The summed E-state index contributed by atoms with van der Waals surface area (Å²) in [7, 11) is 1.62. The number of nitrogens with one attached hydrogen (secondary N) is 1. The Morgan fingerprint density at radius 3 is 2.62 bits per heavy atom. The Hall–Kier alpha value is -1.58. The number of benzene rings is 2. The first kappa shape index (κ1) is 15.8. The van der Waals surface area contributed by atoms with Crippen molar-refractivity contribution in [2.24, 2.45) is 0 Å². The fourth-order valence-electron chi connectivity index (χ4n) is 2.32. The number of para-hydroxylation sites is 1. The molecule has 0 bridgehead atoms. The van der Waals surface area contributed by atoms with E-state index in [1.54, 1.807) is 19.2 Å². The molecular weight excluding hydrogens is 289 g/mol. The van der Waals surface area contributed by atoms with Crippen LogP contribution < -0.4 is 10.1 Å². The second kappa shape index (κ2) is 7.43. The van der Waals surface area contributed by atoms with Crippen LogP contribution in [0.25, 0.3) is 0 Å². The van der Waals surface area contributed by atoms with Crippen molar-refractivity contribution in [1.82, 2.24) is 5.32 Å². The second-order valence-electron chi connectivity index (χ2n) is 4.79. The Morgan fingerprint density at radius 1 is 1.19 bits per heavy atom. The first-order valence-corrected chi connectivity index (χ1v) is 7.36. The van der Waals surface area contributed by atoms with Crippen LogP contribution in [-0.4, -0.2) is 13.7 Å². The molecule has 0 amide bonds. The van der Waals surface area contributed by atoms with E-state index in [1.807, 2.05) is 24.3 Å². The molecule has 0 heterocycles. The monoisotopic (exact) mass is 307 g/mol. The molecule has 2 rings (SSSR count). The van der Waals surface area contributed by atoms with Crippen LogP contribution in [0.2, 0.25) is 5.02 Å². The molecule has 0 aliphatic heterocycles. The SMILES string of the molecule is CCCNC(c1ccc(Cl)cc1F)c1ccccc1OC. The zero-order valence-corrected chi connectivity index (χ0v) is 13.0. The van der Waals surface area contributed by atoms with Crippen molar-refractivity contribution in [3.8, 4) is 5.75 Å². The number of ether oxygens (including phenoxy) is 1. The van der Waals surface area contributed by atoms with Crippen LogP contribution in [0.5, 0.6) is 5.75 Å². The van der Waals surface area contributed by atoms with E-state index >= 15 is 0 Å². The highest BCUT2D eigenvalue weighted by atomic mass is 35.5. The average Bonchev–Trinajstić information content (AvgIpc) is 2.49. The van der Waals surface area contributed by atoms with E-state index < -0.39 is 0 Å². The number of hydrogen-bond donors (Lipinski definition) is 1. The zero-order chi connectivity index (χ0) is 15.2. The van der Waals surface area contributed by atoms with Gasteiger partial charge in [-0.2, -0.15) is 0 Å². The van der Waals surface area contributed by atoms with E-state index in [0.717, 1.165) is 24.3 Å². The summed E-state index contributed by atoms with van der Waals surface area (Å²) < 4.78 is 19.7. The molecule has 1 unspecified atom stereocenters. The first-order valence-electron chi connectivity index (χ1n) is 6.98. The van der Waals surface area contributed by atoms with Crippen molar-refractivity contribution in [2.45, 2.75) is 19.4 Å². The van der Waals surface area contributed by atoms with Crippen LogP contribution >= 0.6 is 11.6 Å². The molecule has 4 heteroatoms. The van der Waals surface area contributed by atoms with Gasteiger partial charge >= 0.3 is 0 Å². The molecule has 0 fully saturated rings. The van der Waals surface area contributed by atoms with Gasteiger partial charge in [-0.05, 0) is 31.2 Å². The summed E-state index contributed by atoms with van der Waals surface area (Å²) in [5.74, 6) is 0.419. The topological polar surface area (TPSA) is 21.3 Å². The summed E-state index contributed by atoms with van der Waals surface area (Å²) in [6.45, 7) is 2.86. The fourth-order valence-corrected chi connectivity index (χ4v) is 2.48. The van der Waals surface area contributed by atoms with Crippen molar-refractivity contribution in [1.29, 1.82) is 0 Å². The summed E-state index contributed by atoms with van der Waals surface area (Å²) in [6, 6.07) is 12.1. The van der Waals surface area contributed by atoms with Crippen molar-refractivity contribution < 1.29 is 9.13 Å². The lowest BCUT2D eigenvalue weighted by atomic mass is 9.97. The van der Waals surface area contributed by atoms with Gasteiger partial charge in [0.05, 0.1) is 13.2 Å². The lowest BCUT2D eigenvalue weighted by Gasteiger charge is -2.22. The Bertz CT molecular complexity index is 603. The zero-order valence-electron chi connectivity index (χ0n) is 12.2. The van der Waals surface area contributed by atoms with Gasteiger partial charge in [-0.3, -0.25) is 0 Å². The molecule has 0 radical (unpaired) electrons. The van der Waals surface area contributed by atoms with Gasteiger partial charge in [-0.25, -0.2) is 4.39 Å². The number of halogens is 2. The molecule has 0 saturated carbocycles. The summed E-state index contributed by atoms with van der Waals surface area (Å²) >= 11 is 5.85. The largest absolute Gasteiger partial charge is 0.496 e. The van der Waals surface area contributed by atoms with Crippen LogP contribution in [-0.2, 0) is 0 Å². The lowest BCUT2D eigenvalue weighted by molar-refractivity contribution is 0.402. The standard InChI is InChI=1S/C17H19ClFNO/c1-3-10-20-17(13-9-8-12(18)11-15(13)19)14-6-4-5-7-16(14)21-2/h4-9,11,17,20H,3,10H2,1-2H3. The predicted octanol–water partition coefficient (Wildman–Crippen LogP) is 4.58. The average molecular weight is 308 g/mol. The highest BCUT2D eigenvalue weighted by Gasteiger charge is 2.20. The summed E-state index contributed by atoms with van der Waals surface area (Å²) in [4.78, 5) is 0. The predicted molar refractivity (Wildman–Crippen MR) is 84.5 cm³/mol. The quantitative estimate of drug-likeness (QED) is 0.843. The van der Waals surface area contributed by atoms with E-state index in [1.165, 1.54) is 6.07 Å². The Morgan fingerprint density at radius 2 is 1.95 bits per heavy atom. The van der Waals surface area contributed by atoms with Crippen molar-refractivity contribution >= 4 is 11.6 Å². The summed E-state index contributed by atoms with van der Waals surface area (Å²) in [6.07, 6.45) is 0.959. The van der Waals surface area contributed by atoms with Gasteiger partial charge < -0.3 is 10.1 Å². The molecule has 2 aromatic rings.